The minimum atomic E-state index is -0.190. The minimum Gasteiger partial charge on any atom is -0.369 e. The number of nitrogens with one attached hydrogen (secondary N) is 2. The van der Waals surface area contributed by atoms with Crippen molar-refractivity contribution in [3.8, 4) is 0 Å². The number of hydrogen-bond acceptors (Lipinski definition) is 5. The number of carbonyl (C=O) groups is 1. The molecule has 2 saturated heterocycles. The first-order valence-corrected chi connectivity index (χ1v) is 11.1. The molecular weight excluding hydrogens is 378 g/mol. The van der Waals surface area contributed by atoms with Gasteiger partial charge < -0.3 is 21.3 Å². The Hall–Kier alpha value is -2.35. The van der Waals surface area contributed by atoms with Crippen LogP contribution >= 0.6 is 0 Å². The van der Waals surface area contributed by atoms with Crippen LogP contribution in [0.25, 0.3) is 0 Å². The Bertz CT molecular complexity index is 743. The molecule has 3 rings (SSSR count). The van der Waals surface area contributed by atoms with Gasteiger partial charge in [-0.15, -0.1) is 0 Å². The monoisotopic (exact) mass is 415 g/mol. The molecule has 0 aromatic carbocycles. The number of nitrogens with zero attached hydrogens (tertiary/aromatic N) is 4. The van der Waals surface area contributed by atoms with Crippen molar-refractivity contribution in [3.63, 3.8) is 0 Å². The average molecular weight is 416 g/mol. The van der Waals surface area contributed by atoms with Crippen molar-refractivity contribution in [2.75, 3.05) is 38.1 Å². The van der Waals surface area contributed by atoms with Crippen molar-refractivity contribution in [2.24, 2.45) is 22.6 Å². The molecule has 0 spiro atoms. The number of pyridine rings is 1. The van der Waals surface area contributed by atoms with Gasteiger partial charge in [0.05, 0.1) is 0 Å². The van der Waals surface area contributed by atoms with Crippen LogP contribution in [0.3, 0.4) is 0 Å². The molecule has 0 radical (unpaired) electrons. The average Bonchev–Trinajstić information content (AvgIpc) is 3.12. The Morgan fingerprint density at radius 2 is 2.07 bits per heavy atom. The highest BCUT2D eigenvalue weighted by Gasteiger charge is 2.31. The summed E-state index contributed by atoms with van der Waals surface area (Å²) in [6.07, 6.45) is 3.40. The van der Waals surface area contributed by atoms with Gasteiger partial charge in [-0.1, -0.05) is 13.0 Å². The van der Waals surface area contributed by atoms with Gasteiger partial charge in [0.15, 0.2) is 5.96 Å². The molecule has 0 aliphatic carbocycles. The lowest BCUT2D eigenvalue weighted by Gasteiger charge is -2.32. The third kappa shape index (κ3) is 5.41. The SMILES string of the molecule is CN=C(NCc1cccnc1N1CCC(C(N)=O)CC1)NC1CN(C(C)C)CC1C. The molecule has 2 atom stereocenters. The molecule has 30 heavy (non-hydrogen) atoms. The highest BCUT2D eigenvalue weighted by atomic mass is 16.1. The molecule has 8 heteroatoms. The predicted molar refractivity (Wildman–Crippen MR) is 121 cm³/mol. The highest BCUT2D eigenvalue weighted by Crippen LogP contribution is 2.24. The van der Waals surface area contributed by atoms with Crippen LogP contribution in [0, 0.1) is 11.8 Å². The van der Waals surface area contributed by atoms with E-state index in [9.17, 15) is 4.79 Å². The van der Waals surface area contributed by atoms with E-state index in [1.165, 1.54) is 0 Å². The predicted octanol–water partition coefficient (Wildman–Crippen LogP) is 1.18. The van der Waals surface area contributed by atoms with Crippen molar-refractivity contribution < 1.29 is 4.79 Å². The molecule has 3 heterocycles. The number of anilines is 1. The zero-order chi connectivity index (χ0) is 21.7. The fourth-order valence-electron chi connectivity index (χ4n) is 4.39. The van der Waals surface area contributed by atoms with Gasteiger partial charge in [0.25, 0.3) is 0 Å². The van der Waals surface area contributed by atoms with Crippen LogP contribution in [0.5, 0.6) is 0 Å². The summed E-state index contributed by atoms with van der Waals surface area (Å²) >= 11 is 0. The van der Waals surface area contributed by atoms with Gasteiger partial charge in [0.1, 0.15) is 5.82 Å². The Labute approximate surface area is 180 Å². The summed E-state index contributed by atoms with van der Waals surface area (Å²) in [5.74, 6) is 2.16. The molecule has 2 fully saturated rings. The number of amides is 1. The van der Waals surface area contributed by atoms with Crippen molar-refractivity contribution >= 4 is 17.7 Å². The van der Waals surface area contributed by atoms with Crippen LogP contribution in [-0.4, -0.2) is 67.1 Å². The lowest BCUT2D eigenvalue weighted by molar-refractivity contribution is -0.122. The van der Waals surface area contributed by atoms with Crippen LogP contribution in [0.1, 0.15) is 39.2 Å². The summed E-state index contributed by atoms with van der Waals surface area (Å²) < 4.78 is 0. The summed E-state index contributed by atoms with van der Waals surface area (Å²) in [4.78, 5) is 25.3. The molecule has 1 aromatic heterocycles. The Balaban J connectivity index is 1.58. The normalized spacial score (nSPS) is 23.8. The van der Waals surface area contributed by atoms with E-state index < -0.39 is 0 Å². The molecule has 2 aliphatic rings. The fraction of sp³-hybridized carbons (Fsp3) is 0.682. The maximum absolute atomic E-state index is 11.5. The fourth-order valence-corrected chi connectivity index (χ4v) is 4.39. The first-order valence-electron chi connectivity index (χ1n) is 11.1. The number of aromatic nitrogens is 1. The van der Waals surface area contributed by atoms with Gasteiger partial charge in [-0.3, -0.25) is 14.7 Å². The standard InChI is InChI=1S/C22H37N7O/c1-15(2)29-13-16(3)19(14-29)27-22(24-4)26-12-18-6-5-9-25-21(18)28-10-7-17(8-11-28)20(23)30/h5-6,9,15-17,19H,7-8,10-14H2,1-4H3,(H2,23,30)(H2,24,26,27). The summed E-state index contributed by atoms with van der Waals surface area (Å²) in [7, 11) is 1.81. The van der Waals surface area contributed by atoms with Gasteiger partial charge in [-0.25, -0.2) is 4.98 Å². The summed E-state index contributed by atoms with van der Waals surface area (Å²) in [6.45, 7) is 11.2. The summed E-state index contributed by atoms with van der Waals surface area (Å²) in [5, 5.41) is 7.06. The molecule has 4 N–H and O–H groups in total. The van der Waals surface area contributed by atoms with Crippen LogP contribution in [0.4, 0.5) is 5.82 Å². The van der Waals surface area contributed by atoms with E-state index in [2.05, 4.69) is 57.2 Å². The van der Waals surface area contributed by atoms with Crippen molar-refractivity contribution in [2.45, 2.75) is 52.2 Å². The first-order chi connectivity index (χ1) is 14.4. The zero-order valence-electron chi connectivity index (χ0n) is 18.8. The number of carbonyl (C=O) groups excluding carboxylic acids is 1. The minimum absolute atomic E-state index is 0.0200. The summed E-state index contributed by atoms with van der Waals surface area (Å²) in [6, 6.07) is 5.01. The summed E-state index contributed by atoms with van der Waals surface area (Å²) in [5.41, 5.74) is 6.60. The van der Waals surface area contributed by atoms with Gasteiger partial charge in [-0.2, -0.15) is 0 Å². The van der Waals surface area contributed by atoms with E-state index in [0.717, 1.165) is 56.4 Å². The van der Waals surface area contributed by atoms with Crippen LogP contribution in [0.2, 0.25) is 0 Å². The van der Waals surface area contributed by atoms with Gasteiger partial charge >= 0.3 is 0 Å². The number of rotatable bonds is 6. The highest BCUT2D eigenvalue weighted by molar-refractivity contribution is 5.80. The molecule has 1 aromatic rings. The molecule has 0 bridgehead atoms. The second-order valence-corrected chi connectivity index (χ2v) is 8.85. The smallest absolute Gasteiger partial charge is 0.220 e. The Kier molecular flexibility index (Phi) is 7.53. The first kappa shape index (κ1) is 22.3. The molecule has 0 saturated carbocycles. The maximum Gasteiger partial charge on any atom is 0.220 e. The number of primary amides is 1. The Morgan fingerprint density at radius 3 is 2.67 bits per heavy atom. The number of likely N-dealkylation sites (tertiary alicyclic amines) is 1. The van der Waals surface area contributed by atoms with E-state index in [0.29, 0.717) is 24.5 Å². The van der Waals surface area contributed by atoms with E-state index in [-0.39, 0.29) is 11.8 Å². The number of guanidine groups is 1. The lowest BCUT2D eigenvalue weighted by atomic mass is 9.96. The lowest BCUT2D eigenvalue weighted by Crippen LogP contribution is -2.46. The second kappa shape index (κ2) is 10.1. The molecular formula is C22H37N7O. The molecule has 2 unspecified atom stereocenters. The maximum atomic E-state index is 11.5. The number of aliphatic imine (C=N–C) groups is 1. The van der Waals surface area contributed by atoms with E-state index in [1.54, 1.807) is 0 Å². The quantitative estimate of drug-likeness (QED) is 0.477. The van der Waals surface area contributed by atoms with Crippen LogP contribution in [-0.2, 0) is 11.3 Å². The van der Waals surface area contributed by atoms with Gasteiger partial charge in [0, 0.05) is 69.5 Å². The number of piperidine rings is 1. The number of hydrogen-bond donors (Lipinski definition) is 3. The third-order valence-corrected chi connectivity index (χ3v) is 6.43. The van der Waals surface area contributed by atoms with E-state index in [4.69, 9.17) is 5.73 Å². The Morgan fingerprint density at radius 1 is 1.33 bits per heavy atom. The largest absolute Gasteiger partial charge is 0.369 e. The second-order valence-electron chi connectivity index (χ2n) is 8.85. The van der Waals surface area contributed by atoms with Crippen molar-refractivity contribution in [1.82, 2.24) is 20.5 Å². The van der Waals surface area contributed by atoms with Crippen molar-refractivity contribution in [1.29, 1.82) is 0 Å². The van der Waals surface area contributed by atoms with E-state index >= 15 is 0 Å². The van der Waals surface area contributed by atoms with Gasteiger partial charge in [-0.05, 0) is 38.7 Å². The molecule has 1 amide bonds. The topological polar surface area (TPSA) is 98.9 Å². The zero-order valence-corrected chi connectivity index (χ0v) is 18.8. The molecule has 8 nitrogen and oxygen atoms in total. The third-order valence-electron chi connectivity index (χ3n) is 6.43. The van der Waals surface area contributed by atoms with Gasteiger partial charge in [0.2, 0.25) is 5.91 Å². The van der Waals surface area contributed by atoms with Crippen LogP contribution in [0.15, 0.2) is 23.3 Å². The van der Waals surface area contributed by atoms with E-state index in [1.807, 2.05) is 19.3 Å². The molecule has 2 aliphatic heterocycles. The molecule has 166 valence electrons. The van der Waals surface area contributed by atoms with Crippen LogP contribution < -0.4 is 21.3 Å². The number of nitrogens with two attached hydrogens (primary N) is 1. The van der Waals surface area contributed by atoms with Crippen molar-refractivity contribution in [3.05, 3.63) is 23.9 Å².